The summed E-state index contributed by atoms with van der Waals surface area (Å²) in [7, 11) is 0. The molecule has 5 saturated carbocycles. The van der Waals surface area contributed by atoms with Crippen molar-refractivity contribution in [1.29, 1.82) is 0 Å². The van der Waals surface area contributed by atoms with Crippen molar-refractivity contribution in [2.45, 2.75) is 94.7 Å². The number of azide groups is 1. The fraction of sp³-hybridized carbons (Fsp3) is 0.769. The zero-order valence-corrected chi connectivity index (χ0v) is 19.3. The second-order valence-corrected chi connectivity index (χ2v) is 12.4. The summed E-state index contributed by atoms with van der Waals surface area (Å²) in [6, 6.07) is 4.25. The molecule has 1 aromatic rings. The molecule has 6 nitrogen and oxygen atoms in total. The van der Waals surface area contributed by atoms with Crippen LogP contribution in [-0.4, -0.2) is 28.5 Å². The molecule has 0 amide bonds. The maximum absolute atomic E-state index is 11.3. The second kappa shape index (κ2) is 6.80. The molecule has 4 bridgehead atoms. The SMILES string of the molecule is CC1(C)Oc2cc(C34CC5CC(CC(CN=[N+]=[N-])(C5)C3)C4)cc(O)c2[C@@H]2C[C@H](O)CC[C@H]21. The Balaban J connectivity index is 1.42. The molecule has 2 N–H and O–H groups in total. The number of hydrogen-bond acceptors (Lipinski definition) is 4. The number of phenols is 1. The molecule has 0 aromatic heterocycles. The lowest BCUT2D eigenvalue weighted by Crippen LogP contribution is -2.55. The van der Waals surface area contributed by atoms with Gasteiger partial charge < -0.3 is 14.9 Å². The standard InChI is InChI=1S/C26H35N3O3/c1-24(2)20-4-3-18(30)8-19(20)23-21(31)6-17(7-22(23)32-24)26-11-15-5-16(12-26)10-25(9-15,13-26)14-28-29-27/h6-7,15-16,18-20,30-31H,3-5,8-14H2,1-2H3/t15?,16?,18-,19-,20-,25?,26?/m1/s1. The minimum absolute atomic E-state index is 0.0397. The van der Waals surface area contributed by atoms with Crippen LogP contribution in [0.5, 0.6) is 11.5 Å². The van der Waals surface area contributed by atoms with Crippen molar-refractivity contribution in [2.75, 3.05) is 6.54 Å². The van der Waals surface area contributed by atoms with Crippen LogP contribution in [0, 0.1) is 23.2 Å². The maximum atomic E-state index is 11.3. The van der Waals surface area contributed by atoms with Gasteiger partial charge in [0.15, 0.2) is 0 Å². The third kappa shape index (κ3) is 2.99. The smallest absolute Gasteiger partial charge is 0.127 e. The van der Waals surface area contributed by atoms with Gasteiger partial charge in [0.05, 0.1) is 6.10 Å². The number of phenolic OH excluding ortho intramolecular Hbond substituents is 1. The lowest BCUT2D eigenvalue weighted by Gasteiger charge is -2.62. The Kier molecular flexibility index (Phi) is 4.40. The molecule has 0 spiro atoms. The van der Waals surface area contributed by atoms with Gasteiger partial charge in [0.2, 0.25) is 0 Å². The number of ether oxygens (including phenoxy) is 1. The molecule has 0 radical (unpaired) electrons. The van der Waals surface area contributed by atoms with Crippen LogP contribution in [0.15, 0.2) is 17.2 Å². The molecule has 0 saturated heterocycles. The molecule has 2 unspecified atom stereocenters. The Morgan fingerprint density at radius 3 is 2.59 bits per heavy atom. The van der Waals surface area contributed by atoms with E-state index >= 15 is 0 Å². The average molecular weight is 438 g/mol. The van der Waals surface area contributed by atoms with Crippen LogP contribution < -0.4 is 4.74 Å². The highest BCUT2D eigenvalue weighted by Gasteiger charge is 2.58. The van der Waals surface area contributed by atoms with E-state index in [1.54, 1.807) is 0 Å². The number of nitrogens with zero attached hydrogens (tertiary/aromatic N) is 3. The Bertz CT molecular complexity index is 984. The average Bonchev–Trinajstić information content (AvgIpc) is 2.70. The number of aliphatic hydroxyl groups excluding tert-OH is 1. The molecule has 6 aliphatic rings. The highest BCUT2D eigenvalue weighted by molar-refractivity contribution is 5.54. The van der Waals surface area contributed by atoms with Gasteiger partial charge in [-0.25, -0.2) is 0 Å². The summed E-state index contributed by atoms with van der Waals surface area (Å²) < 4.78 is 6.59. The second-order valence-electron chi connectivity index (χ2n) is 12.4. The fourth-order valence-electron chi connectivity index (χ4n) is 9.19. The number of hydrogen-bond donors (Lipinski definition) is 2. The number of aliphatic hydroxyl groups is 1. The van der Waals surface area contributed by atoms with Gasteiger partial charge in [-0.05, 0) is 118 Å². The van der Waals surface area contributed by atoms with Crippen molar-refractivity contribution >= 4 is 0 Å². The van der Waals surface area contributed by atoms with Gasteiger partial charge in [-0.1, -0.05) is 5.11 Å². The highest BCUT2D eigenvalue weighted by atomic mass is 16.5. The molecule has 6 heteroatoms. The minimum Gasteiger partial charge on any atom is -0.508 e. The summed E-state index contributed by atoms with van der Waals surface area (Å²) in [5.41, 5.74) is 10.9. The summed E-state index contributed by atoms with van der Waals surface area (Å²) in [4.78, 5) is 3.08. The van der Waals surface area contributed by atoms with Crippen molar-refractivity contribution in [1.82, 2.24) is 0 Å². The number of aromatic hydroxyl groups is 1. The van der Waals surface area contributed by atoms with Crippen molar-refractivity contribution in [2.24, 2.45) is 28.3 Å². The van der Waals surface area contributed by atoms with E-state index < -0.39 is 0 Å². The zero-order chi connectivity index (χ0) is 22.3. The van der Waals surface area contributed by atoms with Crippen LogP contribution in [-0.2, 0) is 5.41 Å². The first-order valence-electron chi connectivity index (χ1n) is 12.5. The van der Waals surface area contributed by atoms with Crippen LogP contribution in [0.25, 0.3) is 10.4 Å². The molecular weight excluding hydrogens is 402 g/mol. The topological polar surface area (TPSA) is 98.5 Å². The molecule has 5 atom stereocenters. The zero-order valence-electron chi connectivity index (χ0n) is 19.3. The van der Waals surface area contributed by atoms with Crippen molar-refractivity contribution < 1.29 is 14.9 Å². The van der Waals surface area contributed by atoms with E-state index in [2.05, 4.69) is 29.9 Å². The van der Waals surface area contributed by atoms with Gasteiger partial charge in [0.25, 0.3) is 0 Å². The van der Waals surface area contributed by atoms with E-state index in [1.165, 1.54) is 24.8 Å². The van der Waals surface area contributed by atoms with Crippen LogP contribution in [0.3, 0.4) is 0 Å². The quantitative estimate of drug-likeness (QED) is 0.347. The number of benzene rings is 1. The molecule has 1 heterocycles. The van der Waals surface area contributed by atoms with E-state index in [4.69, 9.17) is 10.3 Å². The lowest BCUT2D eigenvalue weighted by molar-refractivity contribution is -0.0672. The molecular formula is C26H35N3O3. The molecule has 7 rings (SSSR count). The first-order chi connectivity index (χ1) is 15.2. The van der Waals surface area contributed by atoms with Crippen molar-refractivity contribution in [3.8, 4) is 11.5 Å². The first-order valence-corrected chi connectivity index (χ1v) is 12.5. The van der Waals surface area contributed by atoms with Crippen LogP contribution in [0.1, 0.15) is 88.7 Å². The number of rotatable bonds is 3. The fourth-order valence-corrected chi connectivity index (χ4v) is 9.19. The summed E-state index contributed by atoms with van der Waals surface area (Å²) >= 11 is 0. The van der Waals surface area contributed by atoms with E-state index in [0.717, 1.165) is 43.4 Å². The number of fused-ring (bicyclic) bond motifs is 3. The third-order valence-corrected chi connectivity index (χ3v) is 9.84. The molecule has 5 fully saturated rings. The van der Waals surface area contributed by atoms with Gasteiger partial charge in [0, 0.05) is 28.9 Å². The summed E-state index contributed by atoms with van der Waals surface area (Å²) in [5, 5.41) is 25.7. The van der Waals surface area contributed by atoms with Crippen LogP contribution >= 0.6 is 0 Å². The maximum Gasteiger partial charge on any atom is 0.127 e. The van der Waals surface area contributed by atoms with Gasteiger partial charge in [-0.15, -0.1) is 0 Å². The van der Waals surface area contributed by atoms with Gasteiger partial charge >= 0.3 is 0 Å². The van der Waals surface area contributed by atoms with Gasteiger partial charge in [-0.3, -0.25) is 0 Å². The highest BCUT2D eigenvalue weighted by Crippen LogP contribution is 2.67. The Morgan fingerprint density at radius 1 is 1.12 bits per heavy atom. The Hall–Kier alpha value is -1.91. The summed E-state index contributed by atoms with van der Waals surface area (Å²) in [6.07, 6.45) is 9.12. The molecule has 5 aliphatic carbocycles. The third-order valence-electron chi connectivity index (χ3n) is 9.84. The Labute approximate surface area is 190 Å². The monoisotopic (exact) mass is 437 g/mol. The van der Waals surface area contributed by atoms with E-state index in [9.17, 15) is 10.2 Å². The molecule has 32 heavy (non-hydrogen) atoms. The summed E-state index contributed by atoms with van der Waals surface area (Å²) in [6.45, 7) is 4.92. The van der Waals surface area contributed by atoms with Gasteiger partial charge in [-0.2, -0.15) is 0 Å². The summed E-state index contributed by atoms with van der Waals surface area (Å²) in [5.74, 6) is 2.97. The van der Waals surface area contributed by atoms with E-state index in [1.807, 2.05) is 6.07 Å². The molecule has 1 aromatic carbocycles. The van der Waals surface area contributed by atoms with E-state index in [-0.39, 0.29) is 28.5 Å². The first kappa shape index (κ1) is 20.7. The van der Waals surface area contributed by atoms with Crippen LogP contribution in [0.2, 0.25) is 0 Å². The molecule has 172 valence electrons. The van der Waals surface area contributed by atoms with E-state index in [0.29, 0.717) is 36.5 Å². The normalized spacial score (nSPS) is 43.0. The molecule has 1 aliphatic heterocycles. The Morgan fingerprint density at radius 2 is 1.88 bits per heavy atom. The van der Waals surface area contributed by atoms with Crippen molar-refractivity contribution in [3.05, 3.63) is 33.7 Å². The minimum atomic E-state index is -0.312. The van der Waals surface area contributed by atoms with Crippen molar-refractivity contribution in [3.63, 3.8) is 0 Å². The van der Waals surface area contributed by atoms with Crippen LogP contribution in [0.4, 0.5) is 0 Å². The predicted octanol–water partition coefficient (Wildman–Crippen LogP) is 5.96. The van der Waals surface area contributed by atoms with Gasteiger partial charge in [0.1, 0.15) is 17.1 Å². The largest absolute Gasteiger partial charge is 0.508 e. The predicted molar refractivity (Wildman–Crippen MR) is 122 cm³/mol. The lowest BCUT2D eigenvalue weighted by atomic mass is 9.43.